The molecule has 0 saturated carbocycles. The van der Waals surface area contributed by atoms with Gasteiger partial charge in [0.2, 0.25) is 0 Å². The molecule has 2 aromatic rings. The summed E-state index contributed by atoms with van der Waals surface area (Å²) in [7, 11) is 1.88. The van der Waals surface area contributed by atoms with Crippen LogP contribution in [-0.2, 0) is 6.54 Å². The minimum atomic E-state index is -0.363. The van der Waals surface area contributed by atoms with Crippen LogP contribution in [0.1, 0.15) is 19.5 Å². The first kappa shape index (κ1) is 12.7. The summed E-state index contributed by atoms with van der Waals surface area (Å²) < 4.78 is 1.28. The van der Waals surface area contributed by atoms with Gasteiger partial charge in [0.25, 0.3) is 11.3 Å². The van der Waals surface area contributed by atoms with Crippen LogP contribution < -0.4 is 5.56 Å². The van der Waals surface area contributed by atoms with Gasteiger partial charge in [0.15, 0.2) is 0 Å². The van der Waals surface area contributed by atoms with E-state index in [-0.39, 0.29) is 17.7 Å². The number of nitrogens with one attached hydrogen (secondary N) is 1. The van der Waals surface area contributed by atoms with E-state index < -0.39 is 0 Å². The van der Waals surface area contributed by atoms with Crippen molar-refractivity contribution in [3.63, 3.8) is 0 Å². The summed E-state index contributed by atoms with van der Waals surface area (Å²) >= 11 is 0. The van der Waals surface area contributed by atoms with Crippen LogP contribution in [0, 0.1) is 0 Å². The van der Waals surface area contributed by atoms with Gasteiger partial charge in [-0.2, -0.15) is 4.52 Å². The Balaban J connectivity index is 2.30. The second-order valence-electron chi connectivity index (χ2n) is 4.94. The molecular formula is C11H17N5O2. The fourth-order valence-corrected chi connectivity index (χ4v) is 1.53. The van der Waals surface area contributed by atoms with Crippen molar-refractivity contribution in [3.8, 4) is 0 Å². The van der Waals surface area contributed by atoms with Crippen LogP contribution in [0.2, 0.25) is 0 Å². The standard InChI is InChI=1S/C11H17N5O2/c1-11(2,6-17)15(3)5-8-4-9(18)16-10(14-8)12-7-13-16/h4,7,17H,5-6H2,1-3H3,(H,12,13,14). The van der Waals surface area contributed by atoms with E-state index in [1.165, 1.54) is 16.9 Å². The molecule has 0 aliphatic carbocycles. The normalized spacial score (nSPS) is 12.5. The predicted octanol–water partition coefficient (Wildman–Crippen LogP) is -0.380. The average Bonchev–Trinajstić information content (AvgIpc) is 2.77. The minimum Gasteiger partial charge on any atom is -0.394 e. The summed E-state index contributed by atoms with van der Waals surface area (Å²) in [6.45, 7) is 4.36. The van der Waals surface area contributed by atoms with Gasteiger partial charge in [0.1, 0.15) is 6.33 Å². The predicted molar refractivity (Wildman–Crippen MR) is 66.2 cm³/mol. The number of fused-ring (bicyclic) bond motifs is 1. The lowest BCUT2D eigenvalue weighted by atomic mass is 10.1. The molecule has 0 radical (unpaired) electrons. The molecule has 0 saturated heterocycles. The van der Waals surface area contributed by atoms with Crippen LogP contribution in [0.4, 0.5) is 0 Å². The first-order chi connectivity index (χ1) is 8.44. The van der Waals surface area contributed by atoms with Crippen molar-refractivity contribution in [1.82, 2.24) is 24.5 Å². The van der Waals surface area contributed by atoms with Crippen LogP contribution in [0.15, 0.2) is 17.2 Å². The summed E-state index contributed by atoms with van der Waals surface area (Å²) in [4.78, 5) is 21.9. The van der Waals surface area contributed by atoms with Crippen molar-refractivity contribution in [3.05, 3.63) is 28.4 Å². The molecule has 0 atom stereocenters. The molecule has 0 fully saturated rings. The third-order valence-corrected chi connectivity index (χ3v) is 3.14. The maximum atomic E-state index is 11.7. The molecule has 7 heteroatoms. The highest BCUT2D eigenvalue weighted by atomic mass is 16.3. The van der Waals surface area contributed by atoms with E-state index in [1.54, 1.807) is 0 Å². The van der Waals surface area contributed by atoms with Gasteiger partial charge < -0.3 is 5.11 Å². The molecule has 0 aromatic carbocycles. The Morgan fingerprint density at radius 1 is 1.56 bits per heavy atom. The highest BCUT2D eigenvalue weighted by Crippen LogP contribution is 2.13. The van der Waals surface area contributed by atoms with Gasteiger partial charge in [-0.15, -0.1) is 0 Å². The second kappa shape index (κ2) is 4.51. The van der Waals surface area contributed by atoms with Crippen LogP contribution in [0.3, 0.4) is 0 Å². The monoisotopic (exact) mass is 251 g/mol. The Hall–Kier alpha value is -1.73. The average molecular weight is 251 g/mol. The van der Waals surface area contributed by atoms with Gasteiger partial charge in [-0.25, -0.2) is 9.97 Å². The number of hydrogen-bond acceptors (Lipinski definition) is 5. The van der Waals surface area contributed by atoms with E-state index in [9.17, 15) is 9.90 Å². The number of aliphatic hydroxyl groups excluding tert-OH is 1. The maximum Gasteiger partial charge on any atom is 0.274 e. The van der Waals surface area contributed by atoms with Crippen LogP contribution >= 0.6 is 0 Å². The highest BCUT2D eigenvalue weighted by molar-refractivity contribution is 5.26. The van der Waals surface area contributed by atoms with E-state index in [1.807, 2.05) is 25.8 Å². The number of likely N-dealkylation sites (N-methyl/N-ethyl adjacent to an activating group) is 1. The number of rotatable bonds is 4. The van der Waals surface area contributed by atoms with E-state index in [4.69, 9.17) is 0 Å². The molecular weight excluding hydrogens is 234 g/mol. The molecule has 7 nitrogen and oxygen atoms in total. The van der Waals surface area contributed by atoms with Gasteiger partial charge in [-0.3, -0.25) is 14.8 Å². The van der Waals surface area contributed by atoms with Crippen LogP contribution in [0.25, 0.3) is 5.78 Å². The van der Waals surface area contributed by atoms with Crippen molar-refractivity contribution >= 4 is 5.78 Å². The van der Waals surface area contributed by atoms with Gasteiger partial charge in [-0.1, -0.05) is 0 Å². The molecule has 2 aromatic heterocycles. The molecule has 0 bridgehead atoms. The highest BCUT2D eigenvalue weighted by Gasteiger charge is 2.23. The second-order valence-corrected chi connectivity index (χ2v) is 4.94. The van der Waals surface area contributed by atoms with E-state index in [0.717, 1.165) is 0 Å². The number of aromatic amines is 1. The topological polar surface area (TPSA) is 86.5 Å². The van der Waals surface area contributed by atoms with E-state index in [0.29, 0.717) is 18.0 Å². The molecule has 0 spiro atoms. The molecule has 2 N–H and O–H groups in total. The van der Waals surface area contributed by atoms with Gasteiger partial charge >= 0.3 is 0 Å². The SMILES string of the molecule is CN(Cc1cc(=O)n2[nH]cnc2n1)C(C)(C)CO. The van der Waals surface area contributed by atoms with Crippen molar-refractivity contribution in [2.75, 3.05) is 13.7 Å². The summed E-state index contributed by atoms with van der Waals surface area (Å²) in [5.41, 5.74) is 0.0807. The molecule has 0 aliphatic heterocycles. The number of aliphatic hydroxyl groups is 1. The summed E-state index contributed by atoms with van der Waals surface area (Å²) in [5.74, 6) is 0.354. The summed E-state index contributed by atoms with van der Waals surface area (Å²) in [5, 5.41) is 12.0. The zero-order chi connectivity index (χ0) is 13.3. The van der Waals surface area contributed by atoms with Crippen LogP contribution in [0.5, 0.6) is 0 Å². The van der Waals surface area contributed by atoms with Crippen LogP contribution in [-0.4, -0.2) is 48.8 Å². The van der Waals surface area contributed by atoms with Crippen molar-refractivity contribution < 1.29 is 5.11 Å². The largest absolute Gasteiger partial charge is 0.394 e. The summed E-state index contributed by atoms with van der Waals surface area (Å²) in [6, 6.07) is 1.47. The van der Waals surface area contributed by atoms with E-state index in [2.05, 4.69) is 15.1 Å². The minimum absolute atomic E-state index is 0.0349. The Morgan fingerprint density at radius 2 is 2.28 bits per heavy atom. The lowest BCUT2D eigenvalue weighted by Crippen LogP contribution is -2.44. The first-order valence-corrected chi connectivity index (χ1v) is 5.68. The van der Waals surface area contributed by atoms with Crippen molar-refractivity contribution in [2.24, 2.45) is 0 Å². The fourth-order valence-electron chi connectivity index (χ4n) is 1.53. The Morgan fingerprint density at radius 3 is 2.94 bits per heavy atom. The molecule has 0 unspecified atom stereocenters. The number of hydrogen-bond donors (Lipinski definition) is 2. The lowest BCUT2D eigenvalue weighted by Gasteiger charge is -2.33. The first-order valence-electron chi connectivity index (χ1n) is 5.68. The molecule has 2 heterocycles. The van der Waals surface area contributed by atoms with Crippen molar-refractivity contribution in [2.45, 2.75) is 25.9 Å². The van der Waals surface area contributed by atoms with Crippen molar-refractivity contribution in [1.29, 1.82) is 0 Å². The third kappa shape index (κ3) is 2.27. The van der Waals surface area contributed by atoms with Gasteiger partial charge in [0, 0.05) is 18.2 Å². The Bertz CT molecular complexity index is 601. The summed E-state index contributed by atoms with van der Waals surface area (Å²) in [6.07, 6.45) is 1.43. The van der Waals surface area contributed by atoms with Gasteiger partial charge in [0.05, 0.1) is 12.3 Å². The maximum absolute atomic E-state index is 11.7. The zero-order valence-corrected chi connectivity index (χ0v) is 10.7. The smallest absolute Gasteiger partial charge is 0.274 e. The molecule has 18 heavy (non-hydrogen) atoms. The number of aromatic nitrogens is 4. The number of H-pyrrole nitrogens is 1. The molecule has 0 aliphatic rings. The van der Waals surface area contributed by atoms with Gasteiger partial charge in [-0.05, 0) is 20.9 Å². The third-order valence-electron chi connectivity index (χ3n) is 3.14. The number of nitrogens with zero attached hydrogens (tertiary/aromatic N) is 4. The van der Waals surface area contributed by atoms with E-state index >= 15 is 0 Å². The Labute approximate surface area is 104 Å². The fraction of sp³-hybridized carbons (Fsp3) is 0.545. The lowest BCUT2D eigenvalue weighted by molar-refractivity contribution is 0.0724. The molecule has 0 amide bonds. The quantitative estimate of drug-likeness (QED) is 0.773. The Kier molecular flexibility index (Phi) is 3.18. The zero-order valence-electron chi connectivity index (χ0n) is 10.7. The molecule has 2 rings (SSSR count). The molecule has 98 valence electrons.